The highest BCUT2D eigenvalue weighted by atomic mass is 16.7. The molecule has 246 valence electrons. The molecule has 2 aliphatic rings. The van der Waals surface area contributed by atoms with Crippen LogP contribution in [0.5, 0.6) is 0 Å². The lowest BCUT2D eigenvalue weighted by molar-refractivity contribution is -0.253. The van der Waals surface area contributed by atoms with Gasteiger partial charge in [0.05, 0.1) is 18.8 Å². The number of carbonyl (C=O) groups is 2. The highest BCUT2D eigenvalue weighted by molar-refractivity contribution is 5.76. The zero-order valence-electron chi connectivity index (χ0n) is 26.7. The standard InChI is InChI=1S/C38H48N2O6/c41-27-28-14-16-30(17-15-28)35-24-33(26-40-22-8-2-1-3-9-23-40)45-38(46-35)31-20-18-29(19-21-31)34-11-5-4-10-32(34)25-39-36(42)12-6-7-13-37(43)44/h4-5,10-11,14-21,33,35,38,41H,1-3,6-9,12-13,22-27H2,(H,39,42)(H,43,44)/t33-,35+,38+/m0/s1. The Morgan fingerprint density at radius 1 is 0.804 bits per heavy atom. The number of nitrogens with zero attached hydrogens (tertiary/aromatic N) is 1. The summed E-state index contributed by atoms with van der Waals surface area (Å²) in [4.78, 5) is 25.7. The smallest absolute Gasteiger partial charge is 0.303 e. The van der Waals surface area contributed by atoms with Gasteiger partial charge in [0.25, 0.3) is 0 Å². The molecule has 8 nitrogen and oxygen atoms in total. The van der Waals surface area contributed by atoms with E-state index in [-0.39, 0.29) is 31.1 Å². The van der Waals surface area contributed by atoms with Crippen LogP contribution in [-0.4, -0.2) is 52.7 Å². The molecular weight excluding hydrogens is 580 g/mol. The van der Waals surface area contributed by atoms with Crippen LogP contribution < -0.4 is 5.32 Å². The molecule has 3 aromatic rings. The van der Waals surface area contributed by atoms with Crippen LogP contribution in [0.4, 0.5) is 0 Å². The van der Waals surface area contributed by atoms with Crippen molar-refractivity contribution in [3.05, 3.63) is 95.1 Å². The van der Waals surface area contributed by atoms with Crippen molar-refractivity contribution in [2.45, 2.75) is 95.9 Å². The van der Waals surface area contributed by atoms with Gasteiger partial charge < -0.3 is 29.9 Å². The Morgan fingerprint density at radius 3 is 2.20 bits per heavy atom. The van der Waals surface area contributed by atoms with E-state index >= 15 is 0 Å². The molecular formula is C38H48N2O6. The molecule has 3 atom stereocenters. The summed E-state index contributed by atoms with van der Waals surface area (Å²) < 4.78 is 13.2. The topological polar surface area (TPSA) is 108 Å². The molecule has 2 aliphatic heterocycles. The summed E-state index contributed by atoms with van der Waals surface area (Å²) in [5.41, 5.74) is 6.04. The van der Waals surface area contributed by atoms with Crippen LogP contribution in [0.1, 0.15) is 98.9 Å². The van der Waals surface area contributed by atoms with Gasteiger partial charge in [-0.15, -0.1) is 0 Å². The average Bonchev–Trinajstić information content (AvgIpc) is 3.07. The van der Waals surface area contributed by atoms with Crippen molar-refractivity contribution >= 4 is 11.9 Å². The molecule has 0 aromatic heterocycles. The molecule has 3 aromatic carbocycles. The quantitative estimate of drug-likeness (QED) is 0.176. The second kappa shape index (κ2) is 17.4. The Kier molecular flexibility index (Phi) is 12.8. The summed E-state index contributed by atoms with van der Waals surface area (Å²) in [5.74, 6) is -0.911. The third kappa shape index (κ3) is 9.97. The molecule has 1 amide bonds. The second-order valence-electron chi connectivity index (χ2n) is 12.6. The maximum Gasteiger partial charge on any atom is 0.303 e. The van der Waals surface area contributed by atoms with Crippen LogP contribution >= 0.6 is 0 Å². The average molecular weight is 629 g/mol. The van der Waals surface area contributed by atoms with Crippen LogP contribution in [0.25, 0.3) is 11.1 Å². The van der Waals surface area contributed by atoms with Crippen molar-refractivity contribution in [3.63, 3.8) is 0 Å². The SMILES string of the molecule is O=C(O)CCCCC(=O)NCc1ccccc1-c1ccc([C@@H]2O[C@H](CN3CCCCCCC3)C[C@H](c3ccc(CO)cc3)O2)cc1. The van der Waals surface area contributed by atoms with Gasteiger partial charge in [-0.3, -0.25) is 9.59 Å². The first-order valence-corrected chi connectivity index (χ1v) is 16.9. The van der Waals surface area contributed by atoms with Crippen molar-refractivity contribution in [3.8, 4) is 11.1 Å². The molecule has 0 radical (unpaired) electrons. The Labute approximate surface area is 272 Å². The Hall–Kier alpha value is -3.56. The first kappa shape index (κ1) is 33.8. The van der Waals surface area contributed by atoms with Crippen LogP contribution in [-0.2, 0) is 32.2 Å². The van der Waals surface area contributed by atoms with E-state index in [0.29, 0.717) is 25.8 Å². The summed E-state index contributed by atoms with van der Waals surface area (Å²) in [6, 6.07) is 24.4. The summed E-state index contributed by atoms with van der Waals surface area (Å²) in [6.45, 7) is 3.54. The second-order valence-corrected chi connectivity index (χ2v) is 12.6. The molecule has 2 saturated heterocycles. The number of carboxylic acid groups (broad SMARTS) is 1. The van der Waals surface area contributed by atoms with Crippen molar-refractivity contribution in [1.29, 1.82) is 0 Å². The molecule has 0 spiro atoms. The van der Waals surface area contributed by atoms with Gasteiger partial charge in [0.15, 0.2) is 6.29 Å². The van der Waals surface area contributed by atoms with Crippen molar-refractivity contribution in [2.24, 2.45) is 0 Å². The van der Waals surface area contributed by atoms with Crippen LogP contribution in [0.3, 0.4) is 0 Å². The van der Waals surface area contributed by atoms with Crippen LogP contribution in [0.2, 0.25) is 0 Å². The zero-order valence-corrected chi connectivity index (χ0v) is 26.7. The van der Waals surface area contributed by atoms with Gasteiger partial charge >= 0.3 is 5.97 Å². The summed E-state index contributed by atoms with van der Waals surface area (Å²) in [5, 5.41) is 21.3. The van der Waals surface area contributed by atoms with E-state index in [2.05, 4.69) is 52.7 Å². The number of hydrogen-bond acceptors (Lipinski definition) is 6. The highest BCUT2D eigenvalue weighted by Crippen LogP contribution is 2.39. The molecule has 0 aliphatic carbocycles. The van der Waals surface area contributed by atoms with Crippen molar-refractivity contribution in [2.75, 3.05) is 19.6 Å². The van der Waals surface area contributed by atoms with E-state index in [1.54, 1.807) is 0 Å². The number of hydrogen-bond donors (Lipinski definition) is 3. The van der Waals surface area contributed by atoms with Gasteiger partial charge in [-0.2, -0.15) is 0 Å². The minimum atomic E-state index is -0.835. The molecule has 0 bridgehead atoms. The lowest BCUT2D eigenvalue weighted by Crippen LogP contribution is -2.40. The fourth-order valence-electron chi connectivity index (χ4n) is 6.44. The zero-order chi connectivity index (χ0) is 32.1. The number of nitrogens with one attached hydrogen (secondary N) is 1. The Morgan fingerprint density at radius 2 is 1.48 bits per heavy atom. The minimum Gasteiger partial charge on any atom is -0.481 e. The lowest BCUT2D eigenvalue weighted by Gasteiger charge is -2.39. The number of aliphatic hydroxyl groups is 1. The van der Waals surface area contributed by atoms with E-state index < -0.39 is 12.3 Å². The number of ether oxygens (including phenoxy) is 2. The van der Waals surface area contributed by atoms with Gasteiger partial charge in [-0.1, -0.05) is 92.1 Å². The molecule has 5 rings (SSSR count). The summed E-state index contributed by atoms with van der Waals surface area (Å²) in [6.07, 6.45) is 8.05. The van der Waals surface area contributed by atoms with Gasteiger partial charge in [-0.05, 0) is 66.6 Å². The number of aliphatic carboxylic acids is 1. The third-order valence-electron chi connectivity index (χ3n) is 9.06. The number of rotatable bonds is 13. The predicted octanol–water partition coefficient (Wildman–Crippen LogP) is 6.92. The van der Waals surface area contributed by atoms with Gasteiger partial charge in [-0.25, -0.2) is 0 Å². The summed E-state index contributed by atoms with van der Waals surface area (Å²) in [7, 11) is 0. The lowest BCUT2D eigenvalue weighted by atomic mass is 9.97. The predicted molar refractivity (Wildman–Crippen MR) is 178 cm³/mol. The van der Waals surface area contributed by atoms with E-state index in [9.17, 15) is 14.7 Å². The van der Waals surface area contributed by atoms with E-state index in [4.69, 9.17) is 14.6 Å². The molecule has 8 heteroatoms. The van der Waals surface area contributed by atoms with Crippen LogP contribution in [0.15, 0.2) is 72.8 Å². The maximum atomic E-state index is 12.4. The van der Waals surface area contributed by atoms with Gasteiger partial charge in [0.2, 0.25) is 5.91 Å². The number of benzene rings is 3. The first-order chi connectivity index (χ1) is 22.5. The van der Waals surface area contributed by atoms with E-state index in [1.165, 1.54) is 32.1 Å². The number of amides is 1. The molecule has 46 heavy (non-hydrogen) atoms. The number of aliphatic hydroxyl groups excluding tert-OH is 1. The maximum absolute atomic E-state index is 12.4. The fourth-order valence-corrected chi connectivity index (χ4v) is 6.44. The van der Waals surface area contributed by atoms with Crippen LogP contribution in [0, 0.1) is 0 Å². The van der Waals surface area contributed by atoms with Gasteiger partial charge in [0.1, 0.15) is 0 Å². The molecule has 0 saturated carbocycles. The first-order valence-electron chi connectivity index (χ1n) is 16.9. The largest absolute Gasteiger partial charge is 0.481 e. The number of likely N-dealkylation sites (tertiary alicyclic amines) is 1. The molecule has 2 fully saturated rings. The van der Waals surface area contributed by atoms with Gasteiger partial charge in [0, 0.05) is 37.9 Å². The normalized spacial score (nSPS) is 20.8. The molecule has 2 heterocycles. The summed E-state index contributed by atoms with van der Waals surface area (Å²) >= 11 is 0. The fraction of sp³-hybridized carbons (Fsp3) is 0.474. The monoisotopic (exact) mass is 628 g/mol. The van der Waals surface area contributed by atoms with E-state index in [0.717, 1.165) is 59.4 Å². The Bertz CT molecular complexity index is 1390. The highest BCUT2D eigenvalue weighted by Gasteiger charge is 2.33. The van der Waals surface area contributed by atoms with E-state index in [1.807, 2.05) is 30.3 Å². The van der Waals surface area contributed by atoms with Crippen molar-refractivity contribution < 1.29 is 29.3 Å². The Balaban J connectivity index is 1.27. The number of carbonyl (C=O) groups excluding carboxylic acids is 1. The number of carboxylic acids is 1. The third-order valence-corrected chi connectivity index (χ3v) is 9.06. The number of unbranched alkanes of at least 4 members (excludes halogenated alkanes) is 1. The van der Waals surface area contributed by atoms with Crippen molar-refractivity contribution in [1.82, 2.24) is 10.2 Å². The molecule has 0 unspecified atom stereocenters. The molecule has 3 N–H and O–H groups in total. The minimum absolute atomic E-state index is 0.0194.